The van der Waals surface area contributed by atoms with Crippen molar-refractivity contribution < 1.29 is 13.2 Å². The number of aromatic nitrogens is 1. The Morgan fingerprint density at radius 1 is 1.43 bits per heavy atom. The van der Waals surface area contributed by atoms with E-state index in [4.69, 9.17) is 0 Å². The summed E-state index contributed by atoms with van der Waals surface area (Å²) >= 11 is 0. The van der Waals surface area contributed by atoms with Crippen molar-refractivity contribution >= 4 is 15.8 Å². The zero-order valence-corrected chi connectivity index (χ0v) is 14.4. The molecule has 0 N–H and O–H groups in total. The molecule has 2 rings (SSSR count). The Hall–Kier alpha value is -1.78. The maximum atomic E-state index is 12.4. The lowest BCUT2D eigenvalue weighted by molar-refractivity contribution is -0.120. The molecule has 0 amide bonds. The Bertz CT molecular complexity index is 718. The summed E-state index contributed by atoms with van der Waals surface area (Å²) in [5.41, 5.74) is 0.315. The highest BCUT2D eigenvalue weighted by molar-refractivity contribution is 7.89. The smallest absolute Gasteiger partial charge is 0.244 e. The van der Waals surface area contributed by atoms with E-state index >= 15 is 0 Å². The van der Waals surface area contributed by atoms with Gasteiger partial charge in [-0.1, -0.05) is 20.8 Å². The van der Waals surface area contributed by atoms with E-state index in [1.54, 1.807) is 13.8 Å². The number of hydrogen-bond donors (Lipinski definition) is 0. The van der Waals surface area contributed by atoms with Crippen LogP contribution < -0.4 is 0 Å². The van der Waals surface area contributed by atoms with Crippen molar-refractivity contribution in [2.24, 2.45) is 11.8 Å². The highest BCUT2D eigenvalue weighted by atomic mass is 32.2. The summed E-state index contributed by atoms with van der Waals surface area (Å²) in [6, 6.07) is 4.88. The van der Waals surface area contributed by atoms with E-state index in [2.05, 4.69) is 4.98 Å². The van der Waals surface area contributed by atoms with E-state index in [1.807, 2.05) is 13.0 Å². The molecule has 0 bridgehead atoms. The van der Waals surface area contributed by atoms with Crippen LogP contribution in [0.2, 0.25) is 0 Å². The number of nitrogens with zero attached hydrogens (tertiary/aromatic N) is 3. The highest BCUT2D eigenvalue weighted by Crippen LogP contribution is 2.41. The number of carbonyl (C=O) groups is 1. The molecule has 1 aromatic rings. The van der Waals surface area contributed by atoms with Crippen LogP contribution in [-0.4, -0.2) is 36.6 Å². The van der Waals surface area contributed by atoms with Gasteiger partial charge in [-0.15, -0.1) is 0 Å². The van der Waals surface area contributed by atoms with Crippen molar-refractivity contribution in [3.63, 3.8) is 0 Å². The van der Waals surface area contributed by atoms with E-state index in [0.717, 1.165) is 6.42 Å². The number of Topliss-reactive ketones (excluding diaryl/α,β-unsaturated/α-hetero) is 1. The van der Waals surface area contributed by atoms with Gasteiger partial charge in [0.15, 0.2) is 5.78 Å². The number of rotatable bonds is 7. The van der Waals surface area contributed by atoms with Crippen LogP contribution in [0, 0.1) is 23.2 Å². The molecular formula is C16H21N3O3S. The lowest BCUT2D eigenvalue weighted by Crippen LogP contribution is -2.30. The number of carbonyl (C=O) groups excluding carboxylic acids is 1. The van der Waals surface area contributed by atoms with Crippen molar-refractivity contribution in [1.29, 1.82) is 5.26 Å². The van der Waals surface area contributed by atoms with Crippen LogP contribution >= 0.6 is 0 Å². The van der Waals surface area contributed by atoms with Crippen molar-refractivity contribution in [3.8, 4) is 6.07 Å². The predicted octanol–water partition coefficient (Wildman–Crippen LogP) is 1.94. The molecule has 0 aromatic carbocycles. The summed E-state index contributed by atoms with van der Waals surface area (Å²) < 4.78 is 26.1. The lowest BCUT2D eigenvalue weighted by atomic mass is 9.97. The number of hydrogen-bond acceptors (Lipinski definition) is 5. The van der Waals surface area contributed by atoms with E-state index in [-0.39, 0.29) is 16.6 Å². The van der Waals surface area contributed by atoms with Gasteiger partial charge in [0.2, 0.25) is 10.0 Å². The van der Waals surface area contributed by atoms with Crippen LogP contribution in [0.15, 0.2) is 23.2 Å². The molecule has 3 atom stereocenters. The zero-order valence-electron chi connectivity index (χ0n) is 13.6. The second-order valence-electron chi connectivity index (χ2n) is 5.79. The van der Waals surface area contributed by atoms with Crippen LogP contribution in [0.5, 0.6) is 0 Å². The fourth-order valence-corrected chi connectivity index (χ4v) is 4.04. The van der Waals surface area contributed by atoms with Crippen molar-refractivity contribution in [2.75, 3.05) is 13.1 Å². The van der Waals surface area contributed by atoms with Crippen molar-refractivity contribution in [3.05, 3.63) is 24.0 Å². The van der Waals surface area contributed by atoms with Gasteiger partial charge in [0, 0.05) is 25.2 Å². The van der Waals surface area contributed by atoms with Gasteiger partial charge in [-0.3, -0.25) is 9.78 Å². The molecule has 1 aliphatic carbocycles. The average Bonchev–Trinajstić information content (AvgIpc) is 3.26. The number of nitriles is 1. The van der Waals surface area contributed by atoms with Crippen LogP contribution in [0.1, 0.15) is 38.8 Å². The fraction of sp³-hybridized carbons (Fsp3) is 0.562. The van der Waals surface area contributed by atoms with Gasteiger partial charge >= 0.3 is 0 Å². The maximum absolute atomic E-state index is 12.4. The monoisotopic (exact) mass is 335 g/mol. The van der Waals surface area contributed by atoms with E-state index in [9.17, 15) is 18.5 Å². The molecule has 1 fully saturated rings. The van der Waals surface area contributed by atoms with Gasteiger partial charge in [0.25, 0.3) is 0 Å². The molecule has 0 radical (unpaired) electrons. The van der Waals surface area contributed by atoms with Crippen molar-refractivity contribution in [1.82, 2.24) is 9.29 Å². The number of sulfonamides is 1. The minimum Gasteiger partial charge on any atom is -0.297 e. The summed E-state index contributed by atoms with van der Waals surface area (Å²) in [5.74, 6) is -0.789. The van der Waals surface area contributed by atoms with Gasteiger partial charge in [0.1, 0.15) is 10.8 Å². The van der Waals surface area contributed by atoms with Crippen LogP contribution in [0.4, 0.5) is 0 Å². The molecule has 1 aliphatic rings. The van der Waals surface area contributed by atoms with Crippen molar-refractivity contribution in [2.45, 2.75) is 38.0 Å². The quantitative estimate of drug-likeness (QED) is 0.759. The summed E-state index contributed by atoms with van der Waals surface area (Å²) in [7, 11) is -3.58. The predicted molar refractivity (Wildman–Crippen MR) is 85.0 cm³/mol. The number of pyridine rings is 1. The van der Waals surface area contributed by atoms with Gasteiger partial charge in [0.05, 0.1) is 11.8 Å². The molecule has 124 valence electrons. The first-order valence-electron chi connectivity index (χ1n) is 7.76. The largest absolute Gasteiger partial charge is 0.297 e. The third-order valence-electron chi connectivity index (χ3n) is 4.29. The Balaban J connectivity index is 2.25. The van der Waals surface area contributed by atoms with E-state index in [1.165, 1.54) is 22.6 Å². The first-order chi connectivity index (χ1) is 10.9. The third-order valence-corrected chi connectivity index (χ3v) is 6.32. The Morgan fingerprint density at radius 2 is 2.04 bits per heavy atom. The molecule has 1 aromatic heterocycles. The molecule has 6 nitrogen and oxygen atoms in total. The molecule has 1 heterocycles. The molecule has 0 unspecified atom stereocenters. The Labute approximate surface area is 137 Å². The SMILES string of the molecule is CCN(CC)S(=O)(=O)c1ccc([C@H](C#N)C(=O)[C@H]2C[C@H]2C)nc1. The fourth-order valence-electron chi connectivity index (χ4n) is 2.64. The molecule has 23 heavy (non-hydrogen) atoms. The van der Waals surface area contributed by atoms with Crippen LogP contribution in [-0.2, 0) is 14.8 Å². The molecule has 0 saturated heterocycles. The normalized spacial score (nSPS) is 21.7. The van der Waals surface area contributed by atoms with Gasteiger partial charge < -0.3 is 0 Å². The minimum absolute atomic E-state index is 0.0690. The van der Waals surface area contributed by atoms with E-state index in [0.29, 0.717) is 24.7 Å². The molecule has 0 aliphatic heterocycles. The zero-order chi connectivity index (χ0) is 17.2. The second-order valence-corrected chi connectivity index (χ2v) is 7.73. The summed E-state index contributed by atoms with van der Waals surface area (Å²) in [6.45, 7) is 6.26. The molecule has 0 spiro atoms. The van der Waals surface area contributed by atoms with Crippen LogP contribution in [0.3, 0.4) is 0 Å². The molecule has 1 saturated carbocycles. The molecular weight excluding hydrogens is 314 g/mol. The standard InChI is InChI=1S/C16H21N3O3S/c1-4-19(5-2)23(21,22)12-6-7-15(18-10-12)14(9-17)16(20)13-8-11(13)3/h6-7,10-11,13-14H,4-5,8H2,1-3H3/t11-,13+,14+/m1/s1. The van der Waals surface area contributed by atoms with Gasteiger partial charge in [-0.05, 0) is 24.5 Å². The third kappa shape index (κ3) is 3.43. The molecule has 7 heteroatoms. The second kappa shape index (κ2) is 6.77. The number of ketones is 1. The van der Waals surface area contributed by atoms with Gasteiger partial charge in [-0.2, -0.15) is 9.57 Å². The first kappa shape index (κ1) is 17.6. The lowest BCUT2D eigenvalue weighted by Gasteiger charge is -2.18. The maximum Gasteiger partial charge on any atom is 0.244 e. The summed E-state index contributed by atoms with van der Waals surface area (Å²) in [4.78, 5) is 16.4. The Kier molecular flexibility index (Phi) is 5.17. The first-order valence-corrected chi connectivity index (χ1v) is 9.20. The summed E-state index contributed by atoms with van der Waals surface area (Å²) in [5, 5.41) is 9.27. The van der Waals surface area contributed by atoms with E-state index < -0.39 is 15.9 Å². The topological polar surface area (TPSA) is 91.1 Å². The van der Waals surface area contributed by atoms with Crippen LogP contribution in [0.25, 0.3) is 0 Å². The summed E-state index contributed by atoms with van der Waals surface area (Å²) in [6.07, 6.45) is 2.04. The minimum atomic E-state index is -3.58. The average molecular weight is 335 g/mol. The Morgan fingerprint density at radius 3 is 2.43 bits per heavy atom. The highest BCUT2D eigenvalue weighted by Gasteiger charge is 2.43. The van der Waals surface area contributed by atoms with Gasteiger partial charge in [-0.25, -0.2) is 8.42 Å².